The second-order valence-corrected chi connectivity index (χ2v) is 4.11. The molecule has 0 amide bonds. The fourth-order valence-electron chi connectivity index (χ4n) is 1.67. The topological polar surface area (TPSA) is 65.9 Å². The number of anilines is 2. The van der Waals surface area contributed by atoms with Crippen LogP contribution >= 0.6 is 0 Å². The largest absolute Gasteiger partial charge is 0.399 e. The minimum Gasteiger partial charge on any atom is -0.399 e. The fourth-order valence-corrected chi connectivity index (χ4v) is 1.67. The molecule has 0 aliphatic carbocycles. The van der Waals surface area contributed by atoms with E-state index < -0.39 is 0 Å². The van der Waals surface area contributed by atoms with E-state index in [9.17, 15) is 0 Å². The molecule has 2 aromatic rings. The Hall–Kier alpha value is -2.54. The Morgan fingerprint density at radius 1 is 1.22 bits per heavy atom. The maximum atomic E-state index is 8.69. The Balaban J connectivity index is 2.09. The van der Waals surface area contributed by atoms with Gasteiger partial charge in [-0.2, -0.15) is 5.26 Å². The lowest BCUT2D eigenvalue weighted by atomic mass is 10.2. The summed E-state index contributed by atoms with van der Waals surface area (Å²) in [6.07, 6.45) is 1.70. The third-order valence-electron chi connectivity index (χ3n) is 2.70. The predicted molar refractivity (Wildman–Crippen MR) is 71.9 cm³/mol. The Kier molecular flexibility index (Phi) is 3.44. The third kappa shape index (κ3) is 2.77. The van der Waals surface area contributed by atoms with E-state index in [1.807, 2.05) is 43.4 Å². The molecule has 0 atom stereocenters. The summed E-state index contributed by atoms with van der Waals surface area (Å²) in [4.78, 5) is 6.12. The summed E-state index contributed by atoms with van der Waals surface area (Å²) >= 11 is 0. The van der Waals surface area contributed by atoms with Crippen LogP contribution in [0.25, 0.3) is 0 Å². The summed E-state index contributed by atoms with van der Waals surface area (Å²) in [5, 5.41) is 8.69. The maximum Gasteiger partial charge on any atom is 0.140 e. The lowest BCUT2D eigenvalue weighted by molar-refractivity contribution is 0.917. The van der Waals surface area contributed by atoms with Gasteiger partial charge in [-0.3, -0.25) is 0 Å². The Morgan fingerprint density at radius 3 is 2.50 bits per heavy atom. The normalized spacial score (nSPS) is 9.78. The number of rotatable bonds is 3. The van der Waals surface area contributed by atoms with Crippen LogP contribution < -0.4 is 10.6 Å². The van der Waals surface area contributed by atoms with Crippen molar-refractivity contribution < 1.29 is 0 Å². The minimum absolute atomic E-state index is 0.430. The van der Waals surface area contributed by atoms with Crippen molar-refractivity contribution in [1.82, 2.24) is 4.98 Å². The predicted octanol–water partition coefficient (Wildman–Crippen LogP) is 2.17. The number of hydrogen-bond acceptors (Lipinski definition) is 4. The lowest BCUT2D eigenvalue weighted by Gasteiger charge is -2.19. The molecule has 0 radical (unpaired) electrons. The van der Waals surface area contributed by atoms with Crippen LogP contribution in [0.4, 0.5) is 11.4 Å². The van der Waals surface area contributed by atoms with Gasteiger partial charge in [-0.25, -0.2) is 4.98 Å². The average molecular weight is 238 g/mol. The molecule has 4 heteroatoms. The number of nitrogen functional groups attached to an aromatic ring is 1. The van der Waals surface area contributed by atoms with Gasteiger partial charge in [0.25, 0.3) is 0 Å². The van der Waals surface area contributed by atoms with Crippen LogP contribution in [0.3, 0.4) is 0 Å². The summed E-state index contributed by atoms with van der Waals surface area (Å²) in [5.41, 5.74) is 9.00. The summed E-state index contributed by atoms with van der Waals surface area (Å²) in [5.74, 6) is 0. The van der Waals surface area contributed by atoms with Crippen LogP contribution in [0.5, 0.6) is 0 Å². The molecule has 4 nitrogen and oxygen atoms in total. The molecule has 0 fully saturated rings. The number of pyridine rings is 1. The number of aromatic nitrogens is 1. The van der Waals surface area contributed by atoms with Gasteiger partial charge in [-0.1, -0.05) is 12.1 Å². The first-order valence-corrected chi connectivity index (χ1v) is 5.61. The molecule has 1 aromatic carbocycles. The monoisotopic (exact) mass is 238 g/mol. The van der Waals surface area contributed by atoms with Crippen molar-refractivity contribution in [2.45, 2.75) is 6.54 Å². The molecule has 0 aliphatic heterocycles. The number of nitrogens with zero attached hydrogens (tertiary/aromatic N) is 3. The zero-order valence-corrected chi connectivity index (χ0v) is 10.2. The van der Waals surface area contributed by atoms with Gasteiger partial charge in [-0.05, 0) is 29.8 Å². The van der Waals surface area contributed by atoms with Crippen LogP contribution in [-0.2, 0) is 6.54 Å². The second-order valence-electron chi connectivity index (χ2n) is 4.11. The molecule has 1 aromatic heterocycles. The first-order chi connectivity index (χ1) is 8.69. The Bertz CT molecular complexity index is 552. The SMILES string of the molecule is CN(Cc1ccc(N)cc1)c1ccc(C#N)nc1. The van der Waals surface area contributed by atoms with E-state index in [0.717, 1.165) is 17.9 Å². The van der Waals surface area contributed by atoms with E-state index in [4.69, 9.17) is 11.0 Å². The van der Waals surface area contributed by atoms with Crippen molar-refractivity contribution >= 4 is 11.4 Å². The summed E-state index contributed by atoms with van der Waals surface area (Å²) in [6, 6.07) is 13.4. The lowest BCUT2D eigenvalue weighted by Crippen LogP contribution is -2.16. The van der Waals surface area contributed by atoms with Crippen molar-refractivity contribution in [3.05, 3.63) is 53.9 Å². The molecule has 1 heterocycles. The molecule has 0 bridgehead atoms. The summed E-state index contributed by atoms with van der Waals surface area (Å²) in [6.45, 7) is 0.772. The van der Waals surface area contributed by atoms with Crippen LogP contribution in [0.1, 0.15) is 11.3 Å². The highest BCUT2D eigenvalue weighted by atomic mass is 15.1. The summed E-state index contributed by atoms with van der Waals surface area (Å²) < 4.78 is 0. The molecule has 2 rings (SSSR count). The van der Waals surface area contributed by atoms with Crippen molar-refractivity contribution in [2.24, 2.45) is 0 Å². The van der Waals surface area contributed by atoms with E-state index in [1.54, 1.807) is 12.3 Å². The van der Waals surface area contributed by atoms with Crippen LogP contribution in [0.2, 0.25) is 0 Å². The molecular weight excluding hydrogens is 224 g/mol. The quantitative estimate of drug-likeness (QED) is 0.832. The Labute approximate surface area is 106 Å². The number of hydrogen-bond donors (Lipinski definition) is 1. The van der Waals surface area contributed by atoms with E-state index >= 15 is 0 Å². The minimum atomic E-state index is 0.430. The first kappa shape index (κ1) is 11.9. The van der Waals surface area contributed by atoms with Crippen molar-refractivity contribution in [3.63, 3.8) is 0 Å². The molecule has 0 aliphatic rings. The Morgan fingerprint density at radius 2 is 1.94 bits per heavy atom. The zero-order chi connectivity index (χ0) is 13.0. The van der Waals surface area contributed by atoms with Crippen LogP contribution in [-0.4, -0.2) is 12.0 Å². The van der Waals surface area contributed by atoms with Crippen LogP contribution in [0, 0.1) is 11.3 Å². The molecule has 2 N–H and O–H groups in total. The molecular formula is C14H14N4. The van der Waals surface area contributed by atoms with Gasteiger partial charge in [0.1, 0.15) is 11.8 Å². The number of benzene rings is 1. The molecule has 0 spiro atoms. The number of nitriles is 1. The van der Waals surface area contributed by atoms with E-state index in [1.165, 1.54) is 5.56 Å². The van der Waals surface area contributed by atoms with Crippen molar-refractivity contribution in [3.8, 4) is 6.07 Å². The van der Waals surface area contributed by atoms with Crippen molar-refractivity contribution in [1.29, 1.82) is 5.26 Å². The van der Waals surface area contributed by atoms with Crippen LogP contribution in [0.15, 0.2) is 42.6 Å². The highest BCUT2D eigenvalue weighted by Gasteiger charge is 2.03. The van der Waals surface area contributed by atoms with Gasteiger partial charge in [0.15, 0.2) is 0 Å². The first-order valence-electron chi connectivity index (χ1n) is 5.61. The van der Waals surface area contributed by atoms with Gasteiger partial charge in [0.2, 0.25) is 0 Å². The number of nitrogens with two attached hydrogens (primary N) is 1. The van der Waals surface area contributed by atoms with E-state index in [2.05, 4.69) is 9.88 Å². The van der Waals surface area contributed by atoms with Gasteiger partial charge in [0, 0.05) is 19.3 Å². The molecule has 18 heavy (non-hydrogen) atoms. The highest BCUT2D eigenvalue weighted by molar-refractivity contribution is 5.46. The average Bonchev–Trinajstić information content (AvgIpc) is 2.41. The fraction of sp³-hybridized carbons (Fsp3) is 0.143. The molecule has 0 saturated heterocycles. The van der Waals surface area contributed by atoms with E-state index in [0.29, 0.717) is 5.69 Å². The van der Waals surface area contributed by atoms with Gasteiger partial charge in [0.05, 0.1) is 11.9 Å². The molecule has 0 unspecified atom stereocenters. The third-order valence-corrected chi connectivity index (χ3v) is 2.70. The van der Waals surface area contributed by atoms with Gasteiger partial charge < -0.3 is 10.6 Å². The zero-order valence-electron chi connectivity index (χ0n) is 10.2. The second kappa shape index (κ2) is 5.19. The standard InChI is InChI=1S/C14H14N4/c1-18(10-11-2-4-12(16)5-3-11)14-7-6-13(8-15)17-9-14/h2-7,9H,10,16H2,1H3. The smallest absolute Gasteiger partial charge is 0.140 e. The summed E-state index contributed by atoms with van der Waals surface area (Å²) in [7, 11) is 1.99. The van der Waals surface area contributed by atoms with E-state index in [-0.39, 0.29) is 0 Å². The molecule has 0 saturated carbocycles. The van der Waals surface area contributed by atoms with Gasteiger partial charge in [-0.15, -0.1) is 0 Å². The molecule has 90 valence electrons. The van der Waals surface area contributed by atoms with Gasteiger partial charge >= 0.3 is 0 Å². The highest BCUT2D eigenvalue weighted by Crippen LogP contribution is 2.15. The van der Waals surface area contributed by atoms with Crippen molar-refractivity contribution in [2.75, 3.05) is 17.7 Å². The maximum absolute atomic E-state index is 8.69.